The highest BCUT2D eigenvalue weighted by atomic mass is 16.2. The van der Waals surface area contributed by atoms with Crippen molar-refractivity contribution in [3.05, 3.63) is 294 Å². The van der Waals surface area contributed by atoms with E-state index < -0.39 is 0 Å². The number of pyridine rings is 3. The number of aromatic nitrogens is 26. The summed E-state index contributed by atoms with van der Waals surface area (Å²) in [6.07, 6.45) is 42.4. The minimum Gasteiger partial charge on any atom is -0.365 e. The van der Waals surface area contributed by atoms with Crippen LogP contribution >= 0.6 is 0 Å². The third kappa shape index (κ3) is 20.0. The first-order valence-corrected chi connectivity index (χ1v) is 48.6. The number of hydrogen-bond donors (Lipinski definition) is 5. The molecule has 10 fully saturated rings. The standard InChI is InChI=1S/C22H24N6O.2C20H22N8O.2C20H21N7O/c1-14-3-5-17(19(9-14)28-24-7-8-25-28)22(29)27-13-16-10-18(20(27)11-16)26-21-6-4-15(2)12-23-21;1-12-9-21-20(22-10-12)26-15-7-14-8-17(15)27(11-14)19(29)18-16(4-3-13(2)25-18)28-23-5-6-24-28;1-12-3-4-16(28-23-5-6-24-28)19(25-12)20(29)27-11-14-7-15(17(27)8-14)26-18-10-21-13(2)9-22-18;1-13-10-22-19(11-21-13)25-16-8-14-9-18(16)26(12-14)20(28)15-4-2-3-5-17(15)27-23-6-7-24-27;1-13-10-21-20(22-11-13)25-16-8-14-9-18(16)26(12-14)19(28)15-4-2-3-5-17(15)27-23-6-7-24-27/h3-9,12,16,18,20H,10-11,13H2,1-2H3,(H,23,26);3-6,9-10,14-15,17H,7-8,11H2,1-2H3,(H,21,22,26);3-6,9-10,14-15,17H,7-8,11H2,1-2H3,(H,22,26);2-7,10-11,14,16,18H,8-9,12H2,1H3,(H,22,25);2-7,10-11,14,16,18H,8-9,12H2,1H3,(H,21,22,25). The van der Waals surface area contributed by atoms with Crippen LogP contribution in [0.25, 0.3) is 28.4 Å². The van der Waals surface area contributed by atoms with Crippen LogP contribution < -0.4 is 26.6 Å². The largest absolute Gasteiger partial charge is 0.365 e. The lowest BCUT2D eigenvalue weighted by Gasteiger charge is -2.34. The number of carbonyl (C=O) groups is 5. The molecule has 15 unspecified atom stereocenters. The Morgan fingerprint density at radius 2 is 0.552 bits per heavy atom. The molecule has 15 atom stereocenters. The minimum absolute atomic E-state index is 0.0247. The molecule has 0 radical (unpaired) electrons. The molecule has 5 saturated heterocycles. The van der Waals surface area contributed by atoms with Crippen LogP contribution in [-0.4, -0.2) is 277 Å². The highest BCUT2D eigenvalue weighted by Gasteiger charge is 2.53. The summed E-state index contributed by atoms with van der Waals surface area (Å²) in [5.74, 6) is 6.07. The summed E-state index contributed by atoms with van der Waals surface area (Å²) in [6.45, 7) is 19.4. The molecule has 3 aromatic carbocycles. The fourth-order valence-corrected chi connectivity index (χ4v) is 22.2. The van der Waals surface area contributed by atoms with E-state index in [2.05, 4.69) is 138 Å². The SMILES string of the molecule is Cc1ccc(NC2CC3CC2N(C(=O)c2ccc(C)cc2-n2nccn2)C3)nc1.Cc1cnc(NC2CC3CC2N(C(=O)c2ccccc2-n2nccn2)C3)cn1.Cc1cnc(NC2CC3CC2N(C(=O)c2ccccc2-n2nccn2)C3)nc1.Cc1cnc(NC2CC3CC2N(C(=O)c2nc(C)ccc2-n2nccn2)C3)cn1.Cc1cnc(NC2CC3CC2N(C(=O)c2nc(C)ccc2-n2nccn2)C3)nc1. The van der Waals surface area contributed by atoms with Crippen molar-refractivity contribution in [2.75, 3.05) is 59.3 Å². The number of benzene rings is 3. The van der Waals surface area contributed by atoms with Gasteiger partial charge < -0.3 is 51.1 Å². The van der Waals surface area contributed by atoms with E-state index >= 15 is 0 Å². The predicted octanol–water partition coefficient (Wildman–Crippen LogP) is 10.7. The molecule has 10 bridgehead atoms. The lowest BCUT2D eigenvalue weighted by molar-refractivity contribution is 0.0678. The Kier molecular flexibility index (Phi) is 26.2. The Morgan fingerprint density at radius 3 is 0.888 bits per heavy atom. The molecule has 15 aromatic rings. The summed E-state index contributed by atoms with van der Waals surface area (Å²) in [6, 6.07) is 33.9. The summed E-state index contributed by atoms with van der Waals surface area (Å²) in [4.78, 5) is 133. The molecule has 41 heteroatoms. The van der Waals surface area contributed by atoms with E-state index in [1.807, 2.05) is 183 Å². The molecule has 25 rings (SSSR count). The lowest BCUT2D eigenvalue weighted by Crippen LogP contribution is -2.48. The molecule has 5 aliphatic carbocycles. The van der Waals surface area contributed by atoms with Gasteiger partial charge in [-0.25, -0.2) is 44.9 Å². The number of likely N-dealkylation sites (tertiary alicyclic amines) is 5. The third-order valence-electron chi connectivity index (χ3n) is 28.6. The van der Waals surface area contributed by atoms with Gasteiger partial charge in [0.15, 0.2) is 11.4 Å². The van der Waals surface area contributed by atoms with Gasteiger partial charge in [0, 0.05) is 105 Å². The molecule has 5 saturated carbocycles. The first-order valence-electron chi connectivity index (χ1n) is 48.6. The van der Waals surface area contributed by atoms with Gasteiger partial charge in [0.25, 0.3) is 29.5 Å². The number of anilines is 5. The average molecular weight is 1920 g/mol. The first kappa shape index (κ1) is 92.8. The Bertz CT molecular complexity index is 6670. The molecule has 5 aliphatic heterocycles. The topological polar surface area (TPSA) is 457 Å². The van der Waals surface area contributed by atoms with Crippen molar-refractivity contribution >= 4 is 58.9 Å². The molecule has 143 heavy (non-hydrogen) atoms. The molecule has 10 aliphatic rings. The number of carbonyl (C=O) groups excluding carboxylic acids is 5. The molecular weight excluding hydrogens is 1810 g/mol. The van der Waals surface area contributed by atoms with Crippen LogP contribution in [0.15, 0.2) is 221 Å². The Morgan fingerprint density at radius 1 is 0.252 bits per heavy atom. The highest BCUT2D eigenvalue weighted by Crippen LogP contribution is 2.46. The van der Waals surface area contributed by atoms with Crippen molar-refractivity contribution in [2.24, 2.45) is 29.6 Å². The van der Waals surface area contributed by atoms with Crippen molar-refractivity contribution in [2.45, 2.75) is 180 Å². The molecule has 17 heterocycles. The zero-order valence-electron chi connectivity index (χ0n) is 80.5. The van der Waals surface area contributed by atoms with Crippen molar-refractivity contribution in [1.82, 2.24) is 154 Å². The van der Waals surface area contributed by atoms with E-state index in [1.165, 1.54) is 24.0 Å². The number of para-hydroxylation sites is 2. The van der Waals surface area contributed by atoms with Gasteiger partial charge in [-0.2, -0.15) is 65.4 Å². The summed E-state index contributed by atoms with van der Waals surface area (Å²) >= 11 is 0. The van der Waals surface area contributed by atoms with Gasteiger partial charge in [0.05, 0.1) is 162 Å². The van der Waals surface area contributed by atoms with Crippen molar-refractivity contribution in [3.8, 4) is 28.4 Å². The zero-order valence-corrected chi connectivity index (χ0v) is 80.5. The summed E-state index contributed by atoms with van der Waals surface area (Å²) in [7, 11) is 0. The van der Waals surface area contributed by atoms with E-state index in [9.17, 15) is 24.0 Å². The van der Waals surface area contributed by atoms with Crippen LogP contribution in [0.2, 0.25) is 0 Å². The highest BCUT2D eigenvalue weighted by molar-refractivity contribution is 6.01. The maximum Gasteiger partial charge on any atom is 0.275 e. The number of nitrogens with zero attached hydrogens (tertiary/aromatic N) is 31. The fourth-order valence-electron chi connectivity index (χ4n) is 22.2. The molecule has 12 aromatic heterocycles. The van der Waals surface area contributed by atoms with E-state index in [1.54, 1.807) is 112 Å². The number of piperidine rings is 5. The summed E-state index contributed by atoms with van der Waals surface area (Å²) in [5, 5.41) is 59.3. The monoisotopic (exact) mass is 1920 g/mol. The maximum atomic E-state index is 13.5. The van der Waals surface area contributed by atoms with Crippen LogP contribution in [0.4, 0.5) is 29.4 Å². The van der Waals surface area contributed by atoms with Gasteiger partial charge in [-0.15, -0.1) is 9.59 Å². The molecule has 5 N–H and O–H groups in total. The van der Waals surface area contributed by atoms with Gasteiger partial charge in [0.2, 0.25) is 11.9 Å². The Balaban J connectivity index is 0.000000106. The number of amides is 5. The number of rotatable bonds is 20. The van der Waals surface area contributed by atoms with Gasteiger partial charge in [-0.05, 0) is 238 Å². The molecule has 0 spiro atoms. The van der Waals surface area contributed by atoms with Crippen LogP contribution in [-0.2, 0) is 0 Å². The van der Waals surface area contributed by atoms with E-state index in [0.29, 0.717) is 92.3 Å². The van der Waals surface area contributed by atoms with Crippen LogP contribution in [0.1, 0.15) is 161 Å². The summed E-state index contributed by atoms with van der Waals surface area (Å²) < 4.78 is 0. The second kappa shape index (κ2) is 40.4. The average Bonchev–Trinajstić information content (AvgIpc) is 1.64. The van der Waals surface area contributed by atoms with Gasteiger partial charge in [-0.1, -0.05) is 36.4 Å². The number of aryl methyl sites for hydroxylation is 8. The number of hydrogen-bond acceptors (Lipinski definition) is 31. The Hall–Kier alpha value is -16.5. The van der Waals surface area contributed by atoms with E-state index in [4.69, 9.17) is 0 Å². The van der Waals surface area contributed by atoms with E-state index in [-0.39, 0.29) is 90.0 Å². The second-order valence-electron chi connectivity index (χ2n) is 38.8. The number of nitrogens with one attached hydrogen (secondary N) is 5. The lowest BCUT2D eigenvalue weighted by atomic mass is 10.0. The van der Waals surface area contributed by atoms with Crippen LogP contribution in [0.3, 0.4) is 0 Å². The van der Waals surface area contributed by atoms with Crippen molar-refractivity contribution in [3.63, 3.8) is 0 Å². The van der Waals surface area contributed by atoms with Gasteiger partial charge >= 0.3 is 0 Å². The predicted molar refractivity (Wildman–Crippen MR) is 527 cm³/mol. The van der Waals surface area contributed by atoms with Crippen LogP contribution in [0.5, 0.6) is 0 Å². The van der Waals surface area contributed by atoms with Crippen molar-refractivity contribution < 1.29 is 24.0 Å². The quantitative estimate of drug-likeness (QED) is 0.0473. The van der Waals surface area contributed by atoms with Gasteiger partial charge in [-0.3, -0.25) is 33.9 Å². The summed E-state index contributed by atoms with van der Waals surface area (Å²) in [5.41, 5.74) is 13.6. The first-order chi connectivity index (χ1) is 69.6. The Labute approximate surface area is 824 Å². The van der Waals surface area contributed by atoms with E-state index in [0.717, 1.165) is 165 Å². The fraction of sp³-hybridized carbons (Fsp3) is 0.373. The zero-order chi connectivity index (χ0) is 98.0. The molecule has 41 nitrogen and oxygen atoms in total. The third-order valence-corrected chi connectivity index (χ3v) is 28.6. The maximum absolute atomic E-state index is 13.5. The normalized spacial score (nSPS) is 23.0. The minimum atomic E-state index is -0.0789. The molecule has 728 valence electrons. The molecular formula is C102H110N36O5. The van der Waals surface area contributed by atoms with Gasteiger partial charge in [0.1, 0.15) is 28.8 Å². The molecule has 5 amide bonds. The smallest absolute Gasteiger partial charge is 0.275 e. The van der Waals surface area contributed by atoms with Crippen LogP contribution in [0, 0.1) is 85.0 Å². The number of fused-ring (bicyclic) bond motifs is 10. The second-order valence-corrected chi connectivity index (χ2v) is 38.8. The van der Waals surface area contributed by atoms with Crippen molar-refractivity contribution in [1.29, 1.82) is 0 Å².